The third kappa shape index (κ3) is 5.17. The standard InChI is InChI=1S/C28H27ClF3N3O3/c1-18(11-22-13-21(20-3-2-7-33-15-20)12-19-6-10-38-26(19)22)14-27(37,28(30,31)32)17-34-8-5-25(36)23-16-35(29)9-4-24(23)34/h2-5,7-9,12-13,15,18,37H,6,10-11,14,16-17H2,1H3. The van der Waals surface area contributed by atoms with Crippen LogP contribution in [0, 0.1) is 5.92 Å². The normalized spacial score (nSPS) is 16.9. The van der Waals surface area contributed by atoms with Crippen molar-refractivity contribution in [2.75, 3.05) is 6.61 Å². The van der Waals surface area contributed by atoms with Gasteiger partial charge in [-0.3, -0.25) is 14.2 Å². The lowest BCUT2D eigenvalue weighted by Crippen LogP contribution is -2.50. The molecule has 2 unspecified atom stereocenters. The maximum Gasteiger partial charge on any atom is 0.418 e. The lowest BCUT2D eigenvalue weighted by atomic mass is 9.85. The van der Waals surface area contributed by atoms with Gasteiger partial charge in [0.1, 0.15) is 5.75 Å². The number of ether oxygens (including phenoxy) is 1. The number of aromatic nitrogens is 2. The summed E-state index contributed by atoms with van der Waals surface area (Å²) in [6.45, 7) is 1.53. The Balaban J connectivity index is 1.43. The molecule has 200 valence electrons. The minimum absolute atomic E-state index is 0.0618. The Morgan fingerprint density at radius 3 is 2.79 bits per heavy atom. The smallest absolute Gasteiger partial charge is 0.418 e. The average molecular weight is 546 g/mol. The molecular formula is C28H27ClF3N3O3. The molecule has 1 N–H and O–H groups in total. The molecule has 2 aliphatic rings. The summed E-state index contributed by atoms with van der Waals surface area (Å²) < 4.78 is 51.5. The third-order valence-corrected chi connectivity index (χ3v) is 7.33. The lowest BCUT2D eigenvalue weighted by Gasteiger charge is -2.35. The molecule has 0 aliphatic carbocycles. The number of nitrogens with zero attached hydrogens (tertiary/aromatic N) is 3. The maximum atomic E-state index is 14.4. The summed E-state index contributed by atoms with van der Waals surface area (Å²) >= 11 is 5.97. The summed E-state index contributed by atoms with van der Waals surface area (Å²) in [5.74, 6) is 0.174. The van der Waals surface area contributed by atoms with Crippen LogP contribution in [-0.2, 0) is 25.9 Å². The number of hydrogen-bond donors (Lipinski definition) is 1. The highest BCUT2D eigenvalue weighted by Gasteiger charge is 2.54. The van der Waals surface area contributed by atoms with Crippen LogP contribution in [0.5, 0.6) is 5.75 Å². The quantitative estimate of drug-likeness (QED) is 0.406. The molecule has 6 nitrogen and oxygen atoms in total. The van der Waals surface area contributed by atoms with Crippen LogP contribution >= 0.6 is 11.8 Å². The number of rotatable bonds is 7. The van der Waals surface area contributed by atoms with Gasteiger partial charge in [0.05, 0.1) is 25.4 Å². The molecule has 3 aromatic rings. The summed E-state index contributed by atoms with van der Waals surface area (Å²) in [4.78, 5) is 16.5. The molecule has 0 amide bonds. The van der Waals surface area contributed by atoms with Crippen molar-refractivity contribution in [2.24, 2.45) is 5.92 Å². The van der Waals surface area contributed by atoms with E-state index in [1.807, 2.05) is 24.3 Å². The Kier molecular flexibility index (Phi) is 7.00. The van der Waals surface area contributed by atoms with E-state index in [1.165, 1.54) is 33.5 Å². The zero-order valence-corrected chi connectivity index (χ0v) is 21.5. The highest BCUT2D eigenvalue weighted by Crippen LogP contribution is 2.41. The first-order valence-corrected chi connectivity index (χ1v) is 12.7. The first-order chi connectivity index (χ1) is 18.0. The van der Waals surface area contributed by atoms with Crippen molar-refractivity contribution in [3.05, 3.63) is 87.7 Å². The van der Waals surface area contributed by atoms with Gasteiger partial charge >= 0.3 is 6.18 Å². The zero-order chi connectivity index (χ0) is 27.1. The van der Waals surface area contributed by atoms with E-state index in [9.17, 15) is 23.1 Å². The van der Waals surface area contributed by atoms with Gasteiger partial charge in [0.15, 0.2) is 11.0 Å². The first kappa shape index (κ1) is 26.3. The molecule has 0 fully saturated rings. The van der Waals surface area contributed by atoms with E-state index < -0.39 is 30.7 Å². The molecule has 0 saturated heterocycles. The Hall–Kier alpha value is -3.30. The Morgan fingerprint density at radius 2 is 2.05 bits per heavy atom. The molecule has 0 bridgehead atoms. The average Bonchev–Trinajstić information content (AvgIpc) is 3.35. The molecule has 2 aliphatic heterocycles. The molecule has 0 spiro atoms. The van der Waals surface area contributed by atoms with Crippen LogP contribution in [0.15, 0.2) is 59.9 Å². The summed E-state index contributed by atoms with van der Waals surface area (Å²) in [5, 5.41) is 11.1. The van der Waals surface area contributed by atoms with Gasteiger partial charge in [-0.15, -0.1) is 0 Å². The maximum absolute atomic E-state index is 14.4. The van der Waals surface area contributed by atoms with Gasteiger partial charge in [0.2, 0.25) is 0 Å². The fourth-order valence-electron chi connectivity index (χ4n) is 5.30. The number of halogens is 4. The van der Waals surface area contributed by atoms with Gasteiger partial charge in [-0.2, -0.15) is 13.2 Å². The van der Waals surface area contributed by atoms with Crippen LogP contribution in [0.3, 0.4) is 0 Å². The number of alkyl halides is 3. The second kappa shape index (κ2) is 10.1. The second-order valence-corrected chi connectivity index (χ2v) is 10.5. The van der Waals surface area contributed by atoms with E-state index in [4.69, 9.17) is 16.5 Å². The minimum atomic E-state index is -4.90. The van der Waals surface area contributed by atoms with E-state index in [1.54, 1.807) is 19.3 Å². The number of benzene rings is 1. The molecule has 2 aromatic heterocycles. The summed E-state index contributed by atoms with van der Waals surface area (Å²) in [6.07, 6.45) is 3.26. The fourth-order valence-corrected chi connectivity index (χ4v) is 5.48. The monoisotopic (exact) mass is 545 g/mol. The second-order valence-electron chi connectivity index (χ2n) is 10.1. The summed E-state index contributed by atoms with van der Waals surface area (Å²) in [6, 6.07) is 8.94. The van der Waals surface area contributed by atoms with E-state index in [2.05, 4.69) is 4.98 Å². The van der Waals surface area contributed by atoms with Crippen molar-refractivity contribution in [3.63, 3.8) is 0 Å². The van der Waals surface area contributed by atoms with Gasteiger partial charge in [0, 0.05) is 60.2 Å². The van der Waals surface area contributed by atoms with E-state index in [0.29, 0.717) is 18.1 Å². The van der Waals surface area contributed by atoms with Gasteiger partial charge in [0.25, 0.3) is 0 Å². The van der Waals surface area contributed by atoms with E-state index in [0.717, 1.165) is 28.7 Å². The Morgan fingerprint density at radius 1 is 1.24 bits per heavy atom. The number of pyridine rings is 2. The van der Waals surface area contributed by atoms with E-state index in [-0.39, 0.29) is 24.0 Å². The van der Waals surface area contributed by atoms with Crippen molar-refractivity contribution >= 4 is 17.9 Å². The molecule has 1 aromatic carbocycles. The van der Waals surface area contributed by atoms with Crippen LogP contribution in [-0.4, -0.2) is 37.5 Å². The Bertz CT molecular complexity index is 1420. The van der Waals surface area contributed by atoms with Crippen molar-refractivity contribution in [3.8, 4) is 16.9 Å². The number of fused-ring (bicyclic) bond motifs is 2. The van der Waals surface area contributed by atoms with Crippen LogP contribution in [0.1, 0.15) is 35.7 Å². The highest BCUT2D eigenvalue weighted by atomic mass is 35.5. The first-order valence-electron chi connectivity index (χ1n) is 12.3. The minimum Gasteiger partial charge on any atom is -0.493 e. The van der Waals surface area contributed by atoms with Gasteiger partial charge < -0.3 is 14.4 Å². The fraction of sp³-hybridized carbons (Fsp3) is 0.357. The van der Waals surface area contributed by atoms with Crippen molar-refractivity contribution in [1.82, 2.24) is 14.0 Å². The van der Waals surface area contributed by atoms with Crippen molar-refractivity contribution < 1.29 is 23.0 Å². The topological polar surface area (TPSA) is 67.6 Å². The predicted octanol–water partition coefficient (Wildman–Crippen LogP) is 5.35. The van der Waals surface area contributed by atoms with Gasteiger partial charge in [-0.1, -0.05) is 13.0 Å². The predicted molar refractivity (Wildman–Crippen MR) is 138 cm³/mol. The van der Waals surface area contributed by atoms with Gasteiger partial charge in [-0.05, 0) is 59.7 Å². The Labute approximate surface area is 223 Å². The van der Waals surface area contributed by atoms with Crippen LogP contribution < -0.4 is 10.2 Å². The number of hydrogen-bond acceptors (Lipinski definition) is 5. The van der Waals surface area contributed by atoms with Crippen LogP contribution in [0.4, 0.5) is 13.2 Å². The summed E-state index contributed by atoms with van der Waals surface area (Å²) in [5.41, 5.74) is 0.901. The molecule has 0 saturated carbocycles. The SMILES string of the molecule is CC(Cc1cc(-c2cccnc2)cc2c1OCC2)CC(O)(Cn1ccc(=O)c2c1C=CN(Cl)C2)C(F)(F)F. The van der Waals surface area contributed by atoms with Crippen molar-refractivity contribution in [1.29, 1.82) is 0 Å². The van der Waals surface area contributed by atoms with Crippen LogP contribution in [0.2, 0.25) is 0 Å². The highest BCUT2D eigenvalue weighted by molar-refractivity contribution is 6.14. The molecule has 10 heteroatoms. The van der Waals surface area contributed by atoms with E-state index >= 15 is 0 Å². The molecule has 4 heterocycles. The van der Waals surface area contributed by atoms with Crippen LogP contribution in [0.25, 0.3) is 17.2 Å². The molecule has 38 heavy (non-hydrogen) atoms. The number of aliphatic hydroxyl groups is 1. The lowest BCUT2D eigenvalue weighted by molar-refractivity contribution is -0.270. The molecular weight excluding hydrogens is 519 g/mol. The van der Waals surface area contributed by atoms with Gasteiger partial charge in [-0.25, -0.2) is 0 Å². The third-order valence-electron chi connectivity index (χ3n) is 7.09. The molecule has 2 atom stereocenters. The summed E-state index contributed by atoms with van der Waals surface area (Å²) in [7, 11) is 0. The molecule has 5 rings (SSSR count). The largest absolute Gasteiger partial charge is 0.493 e. The molecule has 0 radical (unpaired) electrons. The van der Waals surface area contributed by atoms with Crippen molar-refractivity contribution in [2.45, 2.75) is 51.1 Å². The zero-order valence-electron chi connectivity index (χ0n) is 20.7.